The number of carbonyl (C=O) groups is 2. The van der Waals surface area contributed by atoms with Crippen LogP contribution in [0.2, 0.25) is 0 Å². The van der Waals surface area contributed by atoms with Crippen LogP contribution >= 0.6 is 0 Å². The highest BCUT2D eigenvalue weighted by Crippen LogP contribution is 2.12. The molecule has 0 aliphatic rings. The molecular weight excluding hydrogens is 438 g/mol. The summed E-state index contributed by atoms with van der Waals surface area (Å²) in [6.07, 6.45) is 3.82. The van der Waals surface area contributed by atoms with Crippen LogP contribution in [-0.4, -0.2) is 29.5 Å². The fourth-order valence-corrected chi connectivity index (χ4v) is 3.50. The molecule has 35 heavy (non-hydrogen) atoms. The third-order valence-electron chi connectivity index (χ3n) is 5.51. The van der Waals surface area contributed by atoms with E-state index in [1.54, 1.807) is 12.1 Å². The number of nitrogens with two attached hydrogens (primary N) is 1. The average molecular weight is 476 g/mol. The number of carbonyl (C=O) groups excluding carboxylic acids is 2. The second-order valence-electron chi connectivity index (χ2n) is 8.32. The van der Waals surface area contributed by atoms with Crippen molar-refractivity contribution in [3.8, 4) is 5.75 Å². The van der Waals surface area contributed by atoms with E-state index in [4.69, 9.17) is 5.73 Å². The van der Waals surface area contributed by atoms with Gasteiger partial charge in [-0.25, -0.2) is 0 Å². The molecular formula is C29H37N3O3. The molecule has 1 atom stereocenters. The lowest BCUT2D eigenvalue weighted by Gasteiger charge is -2.15. The summed E-state index contributed by atoms with van der Waals surface area (Å²) >= 11 is 0. The van der Waals surface area contributed by atoms with E-state index in [9.17, 15) is 14.7 Å². The number of hydrogen-bond donors (Lipinski definition) is 4. The molecule has 0 saturated heterocycles. The molecule has 0 fully saturated rings. The smallest absolute Gasteiger partial charge is 0.234 e. The molecule has 3 aromatic rings. The van der Waals surface area contributed by atoms with Gasteiger partial charge in [-0.1, -0.05) is 79.7 Å². The predicted octanol–water partition coefficient (Wildman–Crippen LogP) is 4.11. The summed E-state index contributed by atoms with van der Waals surface area (Å²) in [6.45, 7) is 3.20. The van der Waals surface area contributed by atoms with Crippen molar-refractivity contribution in [2.75, 3.05) is 6.54 Å². The van der Waals surface area contributed by atoms with E-state index in [2.05, 4.69) is 22.8 Å². The lowest BCUT2D eigenvalue weighted by molar-refractivity contribution is -0.121. The van der Waals surface area contributed by atoms with Gasteiger partial charge in [0.1, 0.15) is 5.75 Å². The SMILES string of the molecule is CCC(=O)NCc1ccccc1.NC(=O)[C@@H](CCc1ccccc1)NCCCc1cccc(O)c1. The number of phenols is 1. The molecule has 0 aliphatic heterocycles. The summed E-state index contributed by atoms with van der Waals surface area (Å²) in [5.41, 5.74) is 8.92. The topological polar surface area (TPSA) is 104 Å². The number of aryl methyl sites for hydroxylation is 2. The van der Waals surface area contributed by atoms with Gasteiger partial charge in [-0.05, 0) is 61.1 Å². The van der Waals surface area contributed by atoms with Gasteiger partial charge >= 0.3 is 0 Å². The largest absolute Gasteiger partial charge is 0.508 e. The van der Waals surface area contributed by atoms with Crippen molar-refractivity contribution in [1.82, 2.24) is 10.6 Å². The molecule has 6 nitrogen and oxygen atoms in total. The van der Waals surface area contributed by atoms with Crippen LogP contribution in [0.4, 0.5) is 0 Å². The van der Waals surface area contributed by atoms with Crippen LogP contribution in [0.15, 0.2) is 84.9 Å². The first-order valence-corrected chi connectivity index (χ1v) is 12.1. The van der Waals surface area contributed by atoms with Crippen LogP contribution in [0.5, 0.6) is 5.75 Å². The van der Waals surface area contributed by atoms with Crippen molar-refractivity contribution in [3.05, 3.63) is 102 Å². The van der Waals surface area contributed by atoms with Crippen molar-refractivity contribution in [2.45, 2.75) is 51.6 Å². The van der Waals surface area contributed by atoms with E-state index in [0.29, 0.717) is 19.4 Å². The molecule has 5 N–H and O–H groups in total. The van der Waals surface area contributed by atoms with Crippen molar-refractivity contribution in [1.29, 1.82) is 0 Å². The van der Waals surface area contributed by atoms with Gasteiger partial charge in [0, 0.05) is 13.0 Å². The molecule has 0 unspecified atom stereocenters. The van der Waals surface area contributed by atoms with Crippen LogP contribution in [0.25, 0.3) is 0 Å². The molecule has 0 spiro atoms. The van der Waals surface area contributed by atoms with Crippen LogP contribution in [0.3, 0.4) is 0 Å². The van der Waals surface area contributed by atoms with Crippen molar-refractivity contribution >= 4 is 11.8 Å². The number of rotatable bonds is 12. The summed E-state index contributed by atoms with van der Waals surface area (Å²) in [7, 11) is 0. The van der Waals surface area contributed by atoms with Crippen molar-refractivity contribution in [3.63, 3.8) is 0 Å². The average Bonchev–Trinajstić information content (AvgIpc) is 2.88. The fraction of sp³-hybridized carbons (Fsp3) is 0.310. The maximum absolute atomic E-state index is 11.6. The maximum atomic E-state index is 11.6. The van der Waals surface area contributed by atoms with Crippen LogP contribution in [-0.2, 0) is 29.0 Å². The second kappa shape index (κ2) is 16.1. The van der Waals surface area contributed by atoms with Gasteiger partial charge in [-0.3, -0.25) is 9.59 Å². The molecule has 0 aromatic heterocycles. The number of amides is 2. The van der Waals surface area contributed by atoms with Gasteiger partial charge in [0.25, 0.3) is 0 Å². The summed E-state index contributed by atoms with van der Waals surface area (Å²) in [5, 5.41) is 15.5. The Kier molecular flexibility index (Phi) is 12.7. The summed E-state index contributed by atoms with van der Waals surface area (Å²) in [4.78, 5) is 22.4. The van der Waals surface area contributed by atoms with Gasteiger partial charge in [-0.15, -0.1) is 0 Å². The molecule has 3 aromatic carbocycles. The Bertz CT molecular complexity index is 1010. The third kappa shape index (κ3) is 11.9. The van der Waals surface area contributed by atoms with Crippen LogP contribution in [0.1, 0.15) is 42.9 Å². The fourth-order valence-electron chi connectivity index (χ4n) is 3.50. The van der Waals surface area contributed by atoms with Crippen molar-refractivity contribution in [2.24, 2.45) is 5.73 Å². The number of nitrogens with one attached hydrogen (secondary N) is 2. The van der Waals surface area contributed by atoms with Crippen molar-refractivity contribution < 1.29 is 14.7 Å². The molecule has 186 valence electrons. The minimum Gasteiger partial charge on any atom is -0.508 e. The van der Waals surface area contributed by atoms with E-state index in [-0.39, 0.29) is 23.6 Å². The zero-order valence-corrected chi connectivity index (χ0v) is 20.5. The standard InChI is InChI=1S/C19H24N2O2.C10H13NO/c20-19(23)18(12-11-15-6-2-1-3-7-15)21-13-5-9-16-8-4-10-17(22)14-16;1-2-10(12)11-8-9-6-4-3-5-7-9/h1-4,6-8,10,14,18,21-22H,5,9,11-13H2,(H2,20,23);3-7H,2,8H2,1H3,(H,11,12)/t18-;/m1./s1. The molecule has 2 amide bonds. The van der Waals surface area contributed by atoms with Crippen LogP contribution < -0.4 is 16.4 Å². The Hall–Kier alpha value is -3.64. The summed E-state index contributed by atoms with van der Waals surface area (Å²) < 4.78 is 0. The zero-order valence-electron chi connectivity index (χ0n) is 20.5. The molecule has 0 aliphatic carbocycles. The highest BCUT2D eigenvalue weighted by atomic mass is 16.3. The van der Waals surface area contributed by atoms with E-state index >= 15 is 0 Å². The highest BCUT2D eigenvalue weighted by Gasteiger charge is 2.14. The van der Waals surface area contributed by atoms with Gasteiger partial charge < -0.3 is 21.5 Å². The molecule has 3 rings (SSSR count). The number of aromatic hydroxyl groups is 1. The van der Waals surface area contributed by atoms with E-state index in [0.717, 1.165) is 36.9 Å². The lowest BCUT2D eigenvalue weighted by atomic mass is 10.0. The Morgan fingerprint density at radius 2 is 1.49 bits per heavy atom. The van der Waals surface area contributed by atoms with E-state index < -0.39 is 0 Å². The van der Waals surface area contributed by atoms with Gasteiger partial charge in [0.05, 0.1) is 6.04 Å². The number of benzene rings is 3. The first kappa shape index (κ1) is 27.6. The third-order valence-corrected chi connectivity index (χ3v) is 5.51. The summed E-state index contributed by atoms with van der Waals surface area (Å²) in [6, 6.07) is 26.9. The quantitative estimate of drug-likeness (QED) is 0.296. The van der Waals surface area contributed by atoms with Gasteiger partial charge in [0.15, 0.2) is 0 Å². The number of hydrogen-bond acceptors (Lipinski definition) is 4. The Morgan fingerprint density at radius 1 is 0.857 bits per heavy atom. The predicted molar refractivity (Wildman–Crippen MR) is 141 cm³/mol. The van der Waals surface area contributed by atoms with Crippen LogP contribution in [0, 0.1) is 0 Å². The molecule has 0 bridgehead atoms. The second-order valence-corrected chi connectivity index (χ2v) is 8.32. The van der Waals surface area contributed by atoms with Gasteiger partial charge in [-0.2, -0.15) is 0 Å². The molecule has 0 radical (unpaired) electrons. The van der Waals surface area contributed by atoms with Gasteiger partial charge in [0.2, 0.25) is 11.8 Å². The number of phenolic OH excluding ortho intramolecular Hbond substituents is 1. The first-order chi connectivity index (χ1) is 17.0. The molecule has 0 saturated carbocycles. The minimum absolute atomic E-state index is 0.0962. The Morgan fingerprint density at radius 3 is 2.09 bits per heavy atom. The van der Waals surface area contributed by atoms with E-state index in [1.165, 1.54) is 5.56 Å². The Labute approximate surface area is 208 Å². The first-order valence-electron chi connectivity index (χ1n) is 12.1. The molecule has 0 heterocycles. The highest BCUT2D eigenvalue weighted by molar-refractivity contribution is 5.79. The van der Waals surface area contributed by atoms with E-state index in [1.807, 2.05) is 67.6 Å². The zero-order chi connectivity index (χ0) is 25.3. The lowest BCUT2D eigenvalue weighted by Crippen LogP contribution is -2.42. The molecule has 6 heteroatoms. The summed E-state index contributed by atoms with van der Waals surface area (Å²) in [5.74, 6) is 0.0745. The minimum atomic E-state index is -0.307. The monoisotopic (exact) mass is 475 g/mol. The maximum Gasteiger partial charge on any atom is 0.234 e. The number of primary amides is 1. The normalized spacial score (nSPS) is 11.1. The Balaban J connectivity index is 0.000000303.